The van der Waals surface area contributed by atoms with Gasteiger partial charge in [0.15, 0.2) is 0 Å². The van der Waals surface area contributed by atoms with E-state index in [9.17, 15) is 9.59 Å². The van der Waals surface area contributed by atoms with Crippen molar-refractivity contribution in [1.29, 1.82) is 0 Å². The molecule has 2 aliphatic rings. The van der Waals surface area contributed by atoms with Crippen molar-refractivity contribution < 1.29 is 9.59 Å². The number of nitrogens with one attached hydrogen (secondary N) is 2. The quantitative estimate of drug-likeness (QED) is 0.762. The van der Waals surface area contributed by atoms with Crippen LogP contribution in [0.3, 0.4) is 0 Å². The van der Waals surface area contributed by atoms with Crippen LogP contribution in [-0.4, -0.2) is 48.4 Å². The van der Waals surface area contributed by atoms with Gasteiger partial charge in [-0.2, -0.15) is 0 Å². The topological polar surface area (TPSA) is 61.4 Å². The number of hydrogen-bond acceptors (Lipinski definition) is 3. The zero-order chi connectivity index (χ0) is 14.0. The molecule has 0 aromatic carbocycles. The highest BCUT2D eigenvalue weighted by molar-refractivity contribution is 5.86. The number of carbonyl (C=O) groups excluding carboxylic acids is 2. The fraction of sp³-hybridized carbons (Fsp3) is 0.857. The summed E-state index contributed by atoms with van der Waals surface area (Å²) in [4.78, 5) is 26.4. The lowest BCUT2D eigenvalue weighted by atomic mass is 10.1. The first-order chi connectivity index (χ1) is 9.04. The molecule has 1 saturated heterocycles. The number of likely N-dealkylation sites (N-methyl/N-ethyl adjacent to an activating group) is 1. The highest BCUT2D eigenvalue weighted by Crippen LogP contribution is 2.38. The van der Waals surface area contributed by atoms with Crippen LogP contribution in [0.15, 0.2) is 0 Å². The molecule has 0 aromatic rings. The standard InChI is InChI=1S/C14H25N3O2/c1-9(2)16-13(18)11-5-4-8-17(11)12(10-6-7-10)14(19)15-3/h9-12H,4-8H2,1-3H3,(H,15,19)(H,16,18)/t11-,12+/m0/s1. The normalized spacial score (nSPS) is 25.4. The predicted octanol–water partition coefficient (Wildman–Crippen LogP) is 0.500. The molecule has 19 heavy (non-hydrogen) atoms. The Hall–Kier alpha value is -1.10. The van der Waals surface area contributed by atoms with Crippen molar-refractivity contribution in [3.05, 3.63) is 0 Å². The molecule has 1 aliphatic heterocycles. The molecule has 0 aromatic heterocycles. The molecule has 2 rings (SSSR count). The van der Waals surface area contributed by atoms with E-state index in [2.05, 4.69) is 15.5 Å². The molecule has 1 heterocycles. The van der Waals surface area contributed by atoms with E-state index in [1.165, 1.54) is 0 Å². The van der Waals surface area contributed by atoms with Gasteiger partial charge in [-0.3, -0.25) is 14.5 Å². The van der Waals surface area contributed by atoms with Gasteiger partial charge < -0.3 is 10.6 Å². The van der Waals surface area contributed by atoms with E-state index in [1.807, 2.05) is 13.8 Å². The average molecular weight is 267 g/mol. The van der Waals surface area contributed by atoms with Crippen LogP contribution in [0.25, 0.3) is 0 Å². The summed E-state index contributed by atoms with van der Waals surface area (Å²) in [6.07, 6.45) is 4.06. The Morgan fingerprint density at radius 2 is 1.89 bits per heavy atom. The Labute approximate surface area is 115 Å². The lowest BCUT2D eigenvalue weighted by molar-refractivity contribution is -0.131. The number of hydrogen-bond donors (Lipinski definition) is 2. The van der Waals surface area contributed by atoms with Gasteiger partial charge in [-0.25, -0.2) is 0 Å². The minimum atomic E-state index is -0.134. The van der Waals surface area contributed by atoms with Crippen LogP contribution < -0.4 is 10.6 Å². The molecule has 2 atom stereocenters. The summed E-state index contributed by atoms with van der Waals surface area (Å²) in [5.74, 6) is 0.571. The van der Waals surface area contributed by atoms with Crippen LogP contribution in [0.1, 0.15) is 39.5 Å². The number of nitrogens with zero attached hydrogens (tertiary/aromatic N) is 1. The second-order valence-corrected chi connectivity index (χ2v) is 5.96. The minimum absolute atomic E-state index is 0.0618. The van der Waals surface area contributed by atoms with E-state index >= 15 is 0 Å². The van der Waals surface area contributed by atoms with Crippen molar-refractivity contribution in [1.82, 2.24) is 15.5 Å². The van der Waals surface area contributed by atoms with Gasteiger partial charge in [0, 0.05) is 13.1 Å². The van der Waals surface area contributed by atoms with E-state index in [0.717, 1.165) is 32.2 Å². The Morgan fingerprint density at radius 3 is 2.42 bits per heavy atom. The van der Waals surface area contributed by atoms with Crippen LogP contribution in [-0.2, 0) is 9.59 Å². The van der Waals surface area contributed by atoms with E-state index in [1.54, 1.807) is 7.05 Å². The summed E-state index contributed by atoms with van der Waals surface area (Å²) >= 11 is 0. The zero-order valence-electron chi connectivity index (χ0n) is 12.1. The smallest absolute Gasteiger partial charge is 0.237 e. The van der Waals surface area contributed by atoms with Gasteiger partial charge >= 0.3 is 0 Å². The molecule has 2 fully saturated rings. The maximum atomic E-state index is 12.2. The molecule has 1 saturated carbocycles. The van der Waals surface area contributed by atoms with Crippen LogP contribution in [0.5, 0.6) is 0 Å². The summed E-state index contributed by atoms with van der Waals surface area (Å²) in [5.41, 5.74) is 0. The second kappa shape index (κ2) is 5.90. The van der Waals surface area contributed by atoms with E-state index in [-0.39, 0.29) is 29.9 Å². The van der Waals surface area contributed by atoms with E-state index < -0.39 is 0 Å². The third-order valence-corrected chi connectivity index (χ3v) is 3.97. The van der Waals surface area contributed by atoms with E-state index in [0.29, 0.717) is 5.92 Å². The van der Waals surface area contributed by atoms with Gasteiger partial charge in [-0.05, 0) is 52.0 Å². The first-order valence-corrected chi connectivity index (χ1v) is 7.32. The number of carbonyl (C=O) groups is 2. The molecule has 0 spiro atoms. The third kappa shape index (κ3) is 3.26. The van der Waals surface area contributed by atoms with E-state index in [4.69, 9.17) is 0 Å². The number of rotatable bonds is 5. The molecular formula is C14H25N3O2. The molecule has 0 bridgehead atoms. The fourth-order valence-electron chi connectivity index (χ4n) is 2.98. The SMILES string of the molecule is CNC(=O)[C@@H](C1CC1)N1CCC[C@H]1C(=O)NC(C)C. The molecule has 1 aliphatic carbocycles. The molecule has 2 amide bonds. The summed E-state index contributed by atoms with van der Waals surface area (Å²) in [6, 6.07) is -0.102. The van der Waals surface area contributed by atoms with Crippen LogP contribution >= 0.6 is 0 Å². The number of amides is 2. The Kier molecular flexibility index (Phi) is 4.45. The molecule has 2 N–H and O–H groups in total. The Morgan fingerprint density at radius 1 is 1.21 bits per heavy atom. The van der Waals surface area contributed by atoms with Crippen LogP contribution in [0.4, 0.5) is 0 Å². The lowest BCUT2D eigenvalue weighted by Crippen LogP contribution is -2.54. The summed E-state index contributed by atoms with van der Waals surface area (Å²) in [5, 5.41) is 5.72. The molecule has 5 heteroatoms. The van der Waals surface area contributed by atoms with Gasteiger partial charge in [0.2, 0.25) is 11.8 Å². The monoisotopic (exact) mass is 267 g/mol. The summed E-state index contributed by atoms with van der Waals surface area (Å²) < 4.78 is 0. The van der Waals surface area contributed by atoms with Crippen molar-refractivity contribution in [2.24, 2.45) is 5.92 Å². The van der Waals surface area contributed by atoms with Crippen molar-refractivity contribution in [3.8, 4) is 0 Å². The fourth-order valence-corrected chi connectivity index (χ4v) is 2.98. The van der Waals surface area contributed by atoms with Crippen molar-refractivity contribution in [3.63, 3.8) is 0 Å². The Bertz CT molecular complexity index is 353. The maximum Gasteiger partial charge on any atom is 0.237 e. The van der Waals surface area contributed by atoms with Gasteiger partial charge in [0.05, 0.1) is 12.1 Å². The second-order valence-electron chi connectivity index (χ2n) is 5.96. The van der Waals surface area contributed by atoms with Crippen LogP contribution in [0, 0.1) is 5.92 Å². The largest absolute Gasteiger partial charge is 0.358 e. The van der Waals surface area contributed by atoms with Crippen molar-refractivity contribution in [2.45, 2.75) is 57.7 Å². The maximum absolute atomic E-state index is 12.2. The minimum Gasteiger partial charge on any atom is -0.358 e. The number of likely N-dealkylation sites (tertiary alicyclic amines) is 1. The highest BCUT2D eigenvalue weighted by atomic mass is 16.2. The molecule has 0 radical (unpaired) electrons. The van der Waals surface area contributed by atoms with Gasteiger partial charge in [0.25, 0.3) is 0 Å². The van der Waals surface area contributed by atoms with Gasteiger partial charge in [0.1, 0.15) is 0 Å². The molecule has 5 nitrogen and oxygen atoms in total. The molecule has 108 valence electrons. The highest BCUT2D eigenvalue weighted by Gasteiger charge is 2.45. The zero-order valence-corrected chi connectivity index (χ0v) is 12.1. The summed E-state index contributed by atoms with van der Waals surface area (Å²) in [7, 11) is 1.68. The van der Waals surface area contributed by atoms with Crippen molar-refractivity contribution in [2.75, 3.05) is 13.6 Å². The van der Waals surface area contributed by atoms with Gasteiger partial charge in [-0.1, -0.05) is 0 Å². The Balaban J connectivity index is 2.07. The first-order valence-electron chi connectivity index (χ1n) is 7.32. The molecule has 0 unspecified atom stereocenters. The summed E-state index contributed by atoms with van der Waals surface area (Å²) in [6.45, 7) is 4.79. The van der Waals surface area contributed by atoms with Gasteiger partial charge in [-0.15, -0.1) is 0 Å². The lowest BCUT2D eigenvalue weighted by Gasteiger charge is -2.31. The predicted molar refractivity (Wildman–Crippen MR) is 73.6 cm³/mol. The third-order valence-electron chi connectivity index (χ3n) is 3.97. The average Bonchev–Trinajstić information content (AvgIpc) is 3.05. The van der Waals surface area contributed by atoms with Crippen LogP contribution in [0.2, 0.25) is 0 Å². The van der Waals surface area contributed by atoms with Crippen molar-refractivity contribution >= 4 is 11.8 Å². The first kappa shape index (κ1) is 14.3. The molecular weight excluding hydrogens is 242 g/mol.